The van der Waals surface area contributed by atoms with Gasteiger partial charge in [0.1, 0.15) is 0 Å². The zero-order valence-electron chi connectivity index (χ0n) is 25.6. The lowest BCUT2D eigenvalue weighted by atomic mass is 10.2. The fraction of sp³-hybridized carbons (Fsp3) is 1.00. The van der Waals surface area contributed by atoms with Crippen molar-refractivity contribution in [3.63, 3.8) is 0 Å². The van der Waals surface area contributed by atoms with Crippen molar-refractivity contribution >= 4 is 52.9 Å². The highest BCUT2D eigenvalue weighted by atomic mass is 32.2. The van der Waals surface area contributed by atoms with E-state index in [2.05, 4.69) is 138 Å². The van der Waals surface area contributed by atoms with Gasteiger partial charge in [-0.2, -0.15) is 23.5 Å². The van der Waals surface area contributed by atoms with E-state index in [0.717, 1.165) is 6.61 Å². The average molecular weight is 565 g/mol. The Kier molecular flexibility index (Phi) is 9.88. The van der Waals surface area contributed by atoms with Crippen molar-refractivity contribution in [2.45, 2.75) is 146 Å². The summed E-state index contributed by atoms with van der Waals surface area (Å²) in [5.74, 6) is 0. The molecule has 0 aromatic heterocycles. The molecule has 0 aromatic rings. The zero-order valence-corrected chi connectivity index (χ0v) is 31.3. The lowest BCUT2D eigenvalue weighted by Gasteiger charge is -2.74. The molecular formula is C26H60OS2Si4. The van der Waals surface area contributed by atoms with Crippen LogP contribution in [-0.4, -0.2) is 58.3 Å². The molecule has 1 nitrogen and oxygen atoms in total. The number of hydrogen-bond donors (Lipinski definition) is 0. The van der Waals surface area contributed by atoms with Gasteiger partial charge in [0, 0.05) is 33.1 Å². The normalized spacial score (nSPS) is 20.5. The molecule has 7 heteroatoms. The van der Waals surface area contributed by atoms with Crippen molar-refractivity contribution in [1.29, 1.82) is 0 Å². The van der Waals surface area contributed by atoms with Gasteiger partial charge >= 0.3 is 0 Å². The molecule has 0 aliphatic carbocycles. The van der Waals surface area contributed by atoms with E-state index in [-0.39, 0.29) is 0 Å². The summed E-state index contributed by atoms with van der Waals surface area (Å²) in [6.45, 7) is 39.8. The van der Waals surface area contributed by atoms with E-state index < -0.39 is 29.4 Å². The van der Waals surface area contributed by atoms with Gasteiger partial charge in [-0.1, -0.05) is 102 Å². The summed E-state index contributed by atoms with van der Waals surface area (Å²) >= 11 is 4.58. The summed E-state index contributed by atoms with van der Waals surface area (Å²) < 4.78 is 6.76. The van der Waals surface area contributed by atoms with Gasteiger partial charge in [-0.3, -0.25) is 0 Å². The monoisotopic (exact) mass is 564 g/mol. The Morgan fingerprint density at radius 2 is 1.00 bits per heavy atom. The smallest absolute Gasteiger partial charge is 0.0700 e. The van der Waals surface area contributed by atoms with Crippen LogP contribution >= 0.6 is 23.5 Å². The molecule has 1 rings (SSSR count). The number of rotatable bonds is 8. The third kappa shape index (κ3) is 4.89. The highest BCUT2D eigenvalue weighted by molar-refractivity contribution is 8.25. The summed E-state index contributed by atoms with van der Waals surface area (Å²) in [5.41, 5.74) is 0. The lowest BCUT2D eigenvalue weighted by molar-refractivity contribution is 0.106. The Hall–Kier alpha value is 1.53. The number of hydrogen-bond acceptors (Lipinski definition) is 3. The van der Waals surface area contributed by atoms with Gasteiger partial charge in [-0.05, 0) is 46.9 Å². The first-order valence-electron chi connectivity index (χ1n) is 13.2. The summed E-state index contributed by atoms with van der Waals surface area (Å²) in [6.07, 6.45) is 9.21. The second-order valence-corrected chi connectivity index (χ2v) is 57.7. The van der Waals surface area contributed by atoms with Crippen LogP contribution in [0.3, 0.4) is 0 Å². The molecule has 0 amide bonds. The van der Waals surface area contributed by atoms with Gasteiger partial charge in [0.15, 0.2) is 0 Å². The predicted octanol–water partition coefficient (Wildman–Crippen LogP) is 9.73. The van der Waals surface area contributed by atoms with Crippen molar-refractivity contribution in [2.24, 2.45) is 0 Å². The molecule has 0 saturated carbocycles. The van der Waals surface area contributed by atoms with Crippen LogP contribution in [-0.2, 0) is 4.74 Å². The molecule has 198 valence electrons. The highest BCUT2D eigenvalue weighted by Crippen LogP contribution is 2.67. The molecule has 1 atom stereocenters. The van der Waals surface area contributed by atoms with Gasteiger partial charge in [0.05, 0.1) is 12.7 Å². The predicted molar refractivity (Wildman–Crippen MR) is 171 cm³/mol. The van der Waals surface area contributed by atoms with Gasteiger partial charge < -0.3 is 4.74 Å². The summed E-state index contributed by atoms with van der Waals surface area (Å²) in [5, 5.41) is 1.16. The summed E-state index contributed by atoms with van der Waals surface area (Å²) in [4.78, 5) is 0. The van der Waals surface area contributed by atoms with Gasteiger partial charge in [0.2, 0.25) is 0 Å². The molecule has 0 N–H and O–H groups in total. The van der Waals surface area contributed by atoms with E-state index in [0.29, 0.717) is 24.9 Å². The minimum absolute atomic E-state index is 0.316. The van der Waals surface area contributed by atoms with Crippen LogP contribution in [0.15, 0.2) is 0 Å². The first kappa shape index (κ1) is 32.6. The first-order valence-corrected chi connectivity index (χ1v) is 29.6. The van der Waals surface area contributed by atoms with Crippen LogP contribution in [0, 0.1) is 0 Å². The second-order valence-electron chi connectivity index (χ2n) is 15.4. The van der Waals surface area contributed by atoms with Crippen LogP contribution < -0.4 is 0 Å². The Morgan fingerprint density at radius 1 is 0.667 bits per heavy atom. The Balaban J connectivity index is 4.42. The molecule has 33 heavy (non-hydrogen) atoms. The molecule has 1 unspecified atom stereocenters. The summed E-state index contributed by atoms with van der Waals surface area (Å²) in [6, 6.07) is 0. The molecule has 0 spiro atoms. The van der Waals surface area contributed by atoms with Crippen LogP contribution in [0.1, 0.15) is 81.6 Å². The number of thioether (sulfide) groups is 2. The van der Waals surface area contributed by atoms with Crippen molar-refractivity contribution in [3.05, 3.63) is 0 Å². The largest absolute Gasteiger partial charge is 0.378 e. The van der Waals surface area contributed by atoms with Crippen molar-refractivity contribution in [2.75, 3.05) is 19.1 Å². The quantitative estimate of drug-likeness (QED) is 0.214. The van der Waals surface area contributed by atoms with E-state index in [1.807, 2.05) is 0 Å². The Bertz CT molecular complexity index is 595. The molecule has 0 radical (unpaired) electrons. The van der Waals surface area contributed by atoms with Crippen LogP contribution in [0.2, 0.25) is 54.4 Å². The molecule has 1 fully saturated rings. The van der Waals surface area contributed by atoms with Gasteiger partial charge in [-0.15, -0.1) is 0 Å². The molecule has 0 bridgehead atoms. The van der Waals surface area contributed by atoms with E-state index in [4.69, 9.17) is 4.74 Å². The first-order chi connectivity index (χ1) is 14.4. The van der Waals surface area contributed by atoms with E-state index in [1.54, 1.807) is 0 Å². The maximum absolute atomic E-state index is 6.44. The fourth-order valence-corrected chi connectivity index (χ4v) is 138. The third-order valence-corrected chi connectivity index (χ3v) is 99.6. The standard InChI is InChI=1S/C26H60OS2Si4/c1-23(2,3)30(12,13)33(31(14,15)24(4,5)6,32(16,17)25(7,8)9)26(28-10,29-11)21-22-19-18-20-27-22/h22H,18-21H2,1-17H3. The van der Waals surface area contributed by atoms with Gasteiger partial charge in [-0.25, -0.2) is 0 Å². The minimum Gasteiger partial charge on any atom is -0.378 e. The molecule has 0 aromatic carbocycles. The van der Waals surface area contributed by atoms with Gasteiger partial charge in [0.25, 0.3) is 0 Å². The molecule has 1 aliphatic heterocycles. The maximum atomic E-state index is 6.44. The molecule has 1 aliphatic rings. The lowest BCUT2D eigenvalue weighted by Crippen LogP contribution is -2.96. The van der Waals surface area contributed by atoms with Crippen molar-refractivity contribution in [1.82, 2.24) is 0 Å². The second kappa shape index (κ2) is 10.0. The number of ether oxygens (including phenoxy) is 1. The topological polar surface area (TPSA) is 9.23 Å². The highest BCUT2D eigenvalue weighted by Gasteiger charge is 2.79. The summed E-state index contributed by atoms with van der Waals surface area (Å²) in [7, 11) is -5.28. The molecule has 1 heterocycles. The van der Waals surface area contributed by atoms with E-state index in [9.17, 15) is 0 Å². The van der Waals surface area contributed by atoms with Crippen molar-refractivity contribution in [3.8, 4) is 0 Å². The fourth-order valence-electron chi connectivity index (χ4n) is 7.27. The maximum Gasteiger partial charge on any atom is 0.0700 e. The Labute approximate surface area is 221 Å². The van der Waals surface area contributed by atoms with Crippen LogP contribution in [0.25, 0.3) is 0 Å². The SMILES string of the molecule is CSC(CC1CCCO1)(SC)[Si]([Si](C)(C)C(C)(C)C)([Si](C)(C)C(C)(C)C)[Si](C)(C)C(C)(C)C. The van der Waals surface area contributed by atoms with Crippen molar-refractivity contribution < 1.29 is 4.74 Å². The third-order valence-electron chi connectivity index (χ3n) is 11.2. The van der Waals surface area contributed by atoms with E-state index in [1.165, 1.54) is 19.3 Å². The van der Waals surface area contributed by atoms with Crippen LogP contribution in [0.5, 0.6) is 0 Å². The zero-order chi connectivity index (χ0) is 26.5. The van der Waals surface area contributed by atoms with Crippen LogP contribution in [0.4, 0.5) is 0 Å². The van der Waals surface area contributed by atoms with E-state index >= 15 is 0 Å². The molecule has 1 saturated heterocycles. The molecular weight excluding hydrogens is 505 g/mol. The minimum atomic E-state index is -1.97. The average Bonchev–Trinajstić information content (AvgIpc) is 3.10. The Morgan fingerprint density at radius 3 is 1.21 bits per heavy atom.